The molecule has 0 radical (unpaired) electrons. The molecule has 3 heterocycles. The lowest BCUT2D eigenvalue weighted by molar-refractivity contribution is -0.633. The van der Waals surface area contributed by atoms with Gasteiger partial charge >= 0.3 is 0 Å². The molecule has 0 fully saturated rings. The van der Waals surface area contributed by atoms with Crippen LogP contribution in [-0.4, -0.2) is 4.57 Å². The first-order valence-corrected chi connectivity index (χ1v) is 16.1. The molecule has 0 amide bonds. The van der Waals surface area contributed by atoms with Crippen LogP contribution in [0.4, 0.5) is 0 Å². The Balaban J connectivity index is 1.52. The maximum Gasteiger partial charge on any atom is 0.295 e. The largest absolute Gasteiger partial charge is 0.295 e. The summed E-state index contributed by atoms with van der Waals surface area (Å²) in [6.07, 6.45) is 0. The second kappa shape index (κ2) is 9.26. The molecule has 0 N–H and O–H groups in total. The van der Waals surface area contributed by atoms with Crippen LogP contribution in [0.2, 0.25) is 0 Å². The second-order valence-electron chi connectivity index (χ2n) is 11.8. The number of benzene rings is 5. The number of para-hydroxylation sites is 2. The lowest BCUT2D eigenvalue weighted by Crippen LogP contribution is -2.30. The Bertz CT molecular complexity index is 2430. The van der Waals surface area contributed by atoms with E-state index in [4.69, 9.17) is 1.37 Å². The summed E-state index contributed by atoms with van der Waals surface area (Å²) in [5.41, 5.74) is 9.86. The maximum absolute atomic E-state index is 8.64. The van der Waals surface area contributed by atoms with E-state index >= 15 is 0 Å². The van der Waals surface area contributed by atoms with Crippen LogP contribution < -0.4 is 4.57 Å². The van der Waals surface area contributed by atoms with E-state index in [0.29, 0.717) is 0 Å². The van der Waals surface area contributed by atoms with Crippen molar-refractivity contribution in [3.05, 3.63) is 107 Å². The fraction of sp³-hybridized carbons (Fsp3) is 0.184. The maximum atomic E-state index is 8.64. The standard InChI is InChI=1S/C38H33N2S2/c1-21(2)25-16-17-27-33(20-25)41-32-18-15-22(3)34(35(27)32)38-39(6)29-12-8-9-13-30(29)40(38)36-23(4)19-28-26-11-7-10-14-31(26)42-37(28)24(36)5/h7-21H,1-6H3/q+1/i21D. The van der Waals surface area contributed by atoms with Crippen LogP contribution in [0, 0.1) is 20.8 Å². The van der Waals surface area contributed by atoms with Gasteiger partial charge in [-0.2, -0.15) is 4.57 Å². The average molecular weight is 583 g/mol. The van der Waals surface area contributed by atoms with Crippen LogP contribution >= 0.6 is 22.7 Å². The first-order valence-electron chi connectivity index (χ1n) is 15.0. The minimum atomic E-state index is -0.637. The SMILES string of the molecule is [2H]C(C)(C)c1ccc2c(c1)sc1ccc(C)c(-c3n(-c4c(C)cc5c(sc6ccccc65)c4C)c4ccccc4[n+]3C)c12. The third-order valence-electron chi connectivity index (χ3n) is 8.95. The van der Waals surface area contributed by atoms with Crippen molar-refractivity contribution < 1.29 is 5.94 Å². The minimum Gasteiger partial charge on any atom is -0.225 e. The number of nitrogens with zero attached hydrogens (tertiary/aromatic N) is 2. The van der Waals surface area contributed by atoms with Crippen molar-refractivity contribution in [2.75, 3.05) is 0 Å². The van der Waals surface area contributed by atoms with Crippen LogP contribution in [-0.2, 0) is 7.05 Å². The van der Waals surface area contributed by atoms with Gasteiger partial charge in [0.05, 0.1) is 12.6 Å². The van der Waals surface area contributed by atoms with E-state index in [1.165, 1.54) is 85.1 Å². The highest BCUT2D eigenvalue weighted by Crippen LogP contribution is 2.45. The van der Waals surface area contributed by atoms with Gasteiger partial charge in [-0.25, -0.2) is 4.57 Å². The van der Waals surface area contributed by atoms with Gasteiger partial charge in [0.1, 0.15) is 5.69 Å². The molecular weight excluding hydrogens is 549 g/mol. The molecule has 0 bridgehead atoms. The Labute approximate surface area is 255 Å². The molecule has 0 unspecified atom stereocenters. The van der Waals surface area contributed by atoms with Crippen molar-refractivity contribution >= 4 is 74.1 Å². The molecule has 42 heavy (non-hydrogen) atoms. The smallest absolute Gasteiger partial charge is 0.225 e. The summed E-state index contributed by atoms with van der Waals surface area (Å²) in [5.74, 6) is 0.558. The van der Waals surface area contributed by atoms with Gasteiger partial charge in [-0.1, -0.05) is 62.4 Å². The summed E-state index contributed by atoms with van der Waals surface area (Å²) in [5, 5.41) is 5.24. The summed E-state index contributed by atoms with van der Waals surface area (Å²) in [7, 11) is 2.21. The van der Waals surface area contributed by atoms with Crippen molar-refractivity contribution in [1.82, 2.24) is 4.57 Å². The van der Waals surface area contributed by atoms with Gasteiger partial charge in [0.2, 0.25) is 0 Å². The third-order valence-corrected chi connectivity index (χ3v) is 11.4. The molecule has 0 atom stereocenters. The molecule has 0 spiro atoms. The quantitative estimate of drug-likeness (QED) is 0.183. The number of thiophene rings is 2. The van der Waals surface area contributed by atoms with E-state index in [2.05, 4.69) is 122 Å². The van der Waals surface area contributed by atoms with Crippen molar-refractivity contribution in [1.29, 1.82) is 0 Å². The van der Waals surface area contributed by atoms with Gasteiger partial charge in [0, 0.05) is 47.3 Å². The molecule has 8 rings (SSSR count). The molecule has 0 aliphatic carbocycles. The molecule has 0 aliphatic rings. The number of imidazole rings is 1. The molecule has 8 aromatic rings. The molecular formula is C38H33N2S2+. The van der Waals surface area contributed by atoms with Crippen LogP contribution in [0.1, 0.15) is 43.4 Å². The lowest BCUT2D eigenvalue weighted by Gasteiger charge is -2.13. The predicted octanol–water partition coefficient (Wildman–Crippen LogP) is 10.9. The average Bonchev–Trinajstić information content (AvgIpc) is 3.63. The zero-order valence-corrected chi connectivity index (χ0v) is 26.4. The summed E-state index contributed by atoms with van der Waals surface area (Å²) in [6.45, 7) is 10.7. The van der Waals surface area contributed by atoms with Gasteiger partial charge in [-0.05, 0) is 79.8 Å². The molecule has 0 saturated heterocycles. The number of aromatic nitrogens is 2. The molecule has 0 aliphatic heterocycles. The Morgan fingerprint density at radius 3 is 2.36 bits per heavy atom. The normalized spacial score (nSPS) is 12.9. The van der Waals surface area contributed by atoms with Crippen molar-refractivity contribution in [2.24, 2.45) is 7.05 Å². The van der Waals surface area contributed by atoms with E-state index in [1.807, 2.05) is 36.5 Å². The monoisotopic (exact) mass is 582 g/mol. The number of hydrogen-bond donors (Lipinski definition) is 0. The number of hydrogen-bond acceptors (Lipinski definition) is 2. The van der Waals surface area contributed by atoms with Crippen molar-refractivity contribution in [3.63, 3.8) is 0 Å². The molecule has 3 aromatic heterocycles. The Morgan fingerprint density at radius 1 is 0.738 bits per heavy atom. The van der Waals surface area contributed by atoms with E-state index < -0.39 is 5.89 Å². The van der Waals surface area contributed by atoms with E-state index in [9.17, 15) is 0 Å². The first-order chi connectivity index (χ1) is 20.6. The molecule has 0 saturated carbocycles. The topological polar surface area (TPSA) is 8.81 Å². The number of fused-ring (bicyclic) bond motifs is 7. The van der Waals surface area contributed by atoms with Crippen LogP contribution in [0.3, 0.4) is 0 Å². The summed E-state index contributed by atoms with van der Waals surface area (Å²) in [4.78, 5) is 0. The third kappa shape index (κ3) is 3.52. The molecule has 206 valence electrons. The van der Waals surface area contributed by atoms with Gasteiger partial charge in [-0.15, -0.1) is 22.7 Å². The number of rotatable bonds is 3. The first kappa shape index (κ1) is 24.6. The fourth-order valence-electron chi connectivity index (χ4n) is 6.91. The van der Waals surface area contributed by atoms with Gasteiger partial charge < -0.3 is 0 Å². The minimum absolute atomic E-state index is 0.637. The summed E-state index contributed by atoms with van der Waals surface area (Å²) >= 11 is 3.73. The van der Waals surface area contributed by atoms with Gasteiger partial charge in [-0.3, -0.25) is 0 Å². The zero-order chi connectivity index (χ0) is 29.8. The van der Waals surface area contributed by atoms with Crippen LogP contribution in [0.15, 0.2) is 84.9 Å². The Hall–Kier alpha value is -3.99. The zero-order valence-electron chi connectivity index (χ0n) is 25.8. The van der Waals surface area contributed by atoms with E-state index in [0.717, 1.165) is 5.56 Å². The fourth-order valence-corrected chi connectivity index (χ4v) is 9.25. The molecule has 4 heteroatoms. The highest BCUT2D eigenvalue weighted by atomic mass is 32.1. The molecule has 5 aromatic carbocycles. The van der Waals surface area contributed by atoms with Gasteiger partial charge in [0.25, 0.3) is 5.82 Å². The second-order valence-corrected chi connectivity index (χ2v) is 13.9. The Morgan fingerprint density at radius 2 is 1.52 bits per heavy atom. The predicted molar refractivity (Wildman–Crippen MR) is 184 cm³/mol. The van der Waals surface area contributed by atoms with Crippen LogP contribution in [0.25, 0.3) is 68.5 Å². The number of aryl methyl sites for hydroxylation is 4. The summed E-state index contributed by atoms with van der Waals surface area (Å²) in [6, 6.07) is 31.1. The molecule has 2 nitrogen and oxygen atoms in total. The van der Waals surface area contributed by atoms with E-state index in [-0.39, 0.29) is 0 Å². The lowest BCUT2D eigenvalue weighted by atomic mass is 9.97. The Kier molecular flexibility index (Phi) is 5.42. The van der Waals surface area contributed by atoms with Gasteiger partial charge in [0.15, 0.2) is 11.0 Å². The highest BCUT2D eigenvalue weighted by molar-refractivity contribution is 7.26. The van der Waals surface area contributed by atoms with Crippen molar-refractivity contribution in [3.8, 4) is 17.1 Å². The van der Waals surface area contributed by atoms with Crippen molar-refractivity contribution in [2.45, 2.75) is 40.5 Å². The highest BCUT2D eigenvalue weighted by Gasteiger charge is 2.32. The summed E-state index contributed by atoms with van der Waals surface area (Å²) < 4.78 is 18.8. The van der Waals surface area contributed by atoms with Crippen LogP contribution in [0.5, 0.6) is 0 Å². The van der Waals surface area contributed by atoms with E-state index in [1.54, 1.807) is 0 Å².